The van der Waals surface area contributed by atoms with Gasteiger partial charge in [0.2, 0.25) is 0 Å². The molecule has 0 amide bonds. The fourth-order valence-corrected chi connectivity index (χ4v) is 4.34. The number of sulfonamides is 1. The Labute approximate surface area is 159 Å². The van der Waals surface area contributed by atoms with Gasteiger partial charge in [-0.15, -0.1) is 0 Å². The van der Waals surface area contributed by atoms with Gasteiger partial charge < -0.3 is 4.57 Å². The number of aromatic nitrogens is 2. The van der Waals surface area contributed by atoms with E-state index in [4.69, 9.17) is 0 Å². The van der Waals surface area contributed by atoms with Gasteiger partial charge in [0.25, 0.3) is 10.0 Å². The predicted octanol–water partition coefficient (Wildman–Crippen LogP) is 4.44. The van der Waals surface area contributed by atoms with Gasteiger partial charge in [-0.1, -0.05) is 27.7 Å². The molecule has 0 aliphatic carbocycles. The number of imidazole rings is 1. The molecule has 0 spiro atoms. The molecular formula is C17H16BrN3O2S2. The molecule has 0 aliphatic heterocycles. The number of anilines is 1. The van der Waals surface area contributed by atoms with Gasteiger partial charge in [0.05, 0.1) is 4.90 Å². The topological polar surface area (TPSA) is 64.0 Å². The summed E-state index contributed by atoms with van der Waals surface area (Å²) in [5, 5.41) is 0.874. The Morgan fingerprint density at radius 3 is 2.48 bits per heavy atom. The van der Waals surface area contributed by atoms with Gasteiger partial charge in [0.15, 0.2) is 5.16 Å². The molecule has 1 aromatic heterocycles. The Kier molecular flexibility index (Phi) is 5.21. The first-order valence-electron chi connectivity index (χ1n) is 7.39. The van der Waals surface area contributed by atoms with Gasteiger partial charge >= 0.3 is 0 Å². The van der Waals surface area contributed by atoms with Crippen molar-refractivity contribution in [2.75, 3.05) is 4.72 Å². The normalized spacial score (nSPS) is 11.5. The van der Waals surface area contributed by atoms with Gasteiger partial charge in [-0.3, -0.25) is 4.72 Å². The molecule has 0 unspecified atom stereocenters. The number of aryl methyl sites for hydroxylation is 2. The molecular weight excluding hydrogens is 422 g/mol. The second kappa shape index (κ2) is 7.23. The average Bonchev–Trinajstić information content (AvgIpc) is 2.96. The van der Waals surface area contributed by atoms with Crippen molar-refractivity contribution in [2.24, 2.45) is 7.05 Å². The van der Waals surface area contributed by atoms with E-state index in [0.717, 1.165) is 20.1 Å². The van der Waals surface area contributed by atoms with E-state index < -0.39 is 10.0 Å². The van der Waals surface area contributed by atoms with Crippen molar-refractivity contribution < 1.29 is 8.42 Å². The number of benzene rings is 2. The highest BCUT2D eigenvalue weighted by Gasteiger charge is 2.15. The van der Waals surface area contributed by atoms with Crippen LogP contribution in [-0.2, 0) is 17.1 Å². The van der Waals surface area contributed by atoms with Gasteiger partial charge in [-0.25, -0.2) is 13.4 Å². The summed E-state index contributed by atoms with van der Waals surface area (Å²) in [5.74, 6) is 0. The smallest absolute Gasteiger partial charge is 0.261 e. The fourth-order valence-electron chi connectivity index (χ4n) is 2.15. The zero-order valence-electron chi connectivity index (χ0n) is 13.6. The first-order chi connectivity index (χ1) is 11.8. The molecule has 130 valence electrons. The van der Waals surface area contributed by atoms with Crippen LogP contribution < -0.4 is 4.72 Å². The molecule has 8 heteroatoms. The van der Waals surface area contributed by atoms with E-state index in [0.29, 0.717) is 5.69 Å². The summed E-state index contributed by atoms with van der Waals surface area (Å²) in [6.45, 7) is 1.85. The maximum Gasteiger partial charge on any atom is 0.261 e. The number of hydrogen-bond donors (Lipinski definition) is 1. The quantitative estimate of drug-likeness (QED) is 0.640. The van der Waals surface area contributed by atoms with Crippen LogP contribution in [0.1, 0.15) is 5.56 Å². The molecule has 3 rings (SSSR count). The van der Waals surface area contributed by atoms with Crippen LogP contribution in [0, 0.1) is 6.92 Å². The maximum atomic E-state index is 12.5. The number of nitrogens with zero attached hydrogens (tertiary/aromatic N) is 2. The molecule has 1 N–H and O–H groups in total. The molecule has 0 aliphatic rings. The zero-order chi connectivity index (χ0) is 18.0. The van der Waals surface area contributed by atoms with Crippen LogP contribution in [0.25, 0.3) is 0 Å². The molecule has 2 aromatic carbocycles. The van der Waals surface area contributed by atoms with Crippen LogP contribution >= 0.6 is 27.7 Å². The summed E-state index contributed by atoms with van der Waals surface area (Å²) in [7, 11) is -1.69. The molecule has 25 heavy (non-hydrogen) atoms. The molecule has 0 saturated heterocycles. The Bertz CT molecular complexity index is 999. The Morgan fingerprint density at radius 2 is 1.88 bits per heavy atom. The predicted molar refractivity (Wildman–Crippen MR) is 103 cm³/mol. The van der Waals surface area contributed by atoms with Crippen molar-refractivity contribution in [3.8, 4) is 0 Å². The molecule has 5 nitrogen and oxygen atoms in total. The highest BCUT2D eigenvalue weighted by molar-refractivity contribution is 9.10. The molecule has 0 bridgehead atoms. The minimum absolute atomic E-state index is 0.236. The highest BCUT2D eigenvalue weighted by atomic mass is 79.9. The minimum atomic E-state index is -3.62. The summed E-state index contributed by atoms with van der Waals surface area (Å²) in [4.78, 5) is 5.48. The van der Waals surface area contributed by atoms with Crippen LogP contribution in [-0.4, -0.2) is 18.0 Å². The van der Waals surface area contributed by atoms with Crippen LogP contribution in [0.3, 0.4) is 0 Å². The standard InChI is InChI=1S/C17H16BrN3O2S2/c1-12-11-15(7-8-16(12)18)25(22,23)20-13-3-5-14(6-4-13)24-17-19-9-10-21(17)2/h3-11,20H,1-2H3. The van der Waals surface area contributed by atoms with Crippen LogP contribution in [0.4, 0.5) is 5.69 Å². The molecule has 3 aromatic rings. The lowest BCUT2D eigenvalue weighted by atomic mass is 10.2. The summed E-state index contributed by atoms with van der Waals surface area (Å²) in [5.41, 5.74) is 1.38. The van der Waals surface area contributed by atoms with Gasteiger partial charge in [0.1, 0.15) is 0 Å². The monoisotopic (exact) mass is 437 g/mol. The third kappa shape index (κ3) is 4.26. The average molecular weight is 438 g/mol. The van der Waals surface area contributed by atoms with Crippen LogP contribution in [0.5, 0.6) is 0 Å². The third-order valence-electron chi connectivity index (χ3n) is 3.53. The van der Waals surface area contributed by atoms with Crippen molar-refractivity contribution in [3.63, 3.8) is 0 Å². The lowest BCUT2D eigenvalue weighted by molar-refractivity contribution is 0.601. The highest BCUT2D eigenvalue weighted by Crippen LogP contribution is 2.28. The largest absolute Gasteiger partial charge is 0.329 e. The lowest BCUT2D eigenvalue weighted by Gasteiger charge is -2.10. The van der Waals surface area contributed by atoms with Crippen molar-refractivity contribution in [3.05, 3.63) is 64.9 Å². The van der Waals surface area contributed by atoms with Gasteiger partial charge in [-0.2, -0.15) is 0 Å². The van der Waals surface area contributed by atoms with E-state index >= 15 is 0 Å². The van der Waals surface area contributed by atoms with Crippen molar-refractivity contribution in [2.45, 2.75) is 21.9 Å². The minimum Gasteiger partial charge on any atom is -0.329 e. The first kappa shape index (κ1) is 18.0. The molecule has 0 saturated carbocycles. The Hall–Kier alpha value is -1.77. The maximum absolute atomic E-state index is 12.5. The summed E-state index contributed by atoms with van der Waals surface area (Å²) < 4.78 is 30.4. The molecule has 0 fully saturated rings. The fraction of sp³-hybridized carbons (Fsp3) is 0.118. The van der Waals surface area contributed by atoms with E-state index in [2.05, 4.69) is 25.6 Å². The van der Waals surface area contributed by atoms with Gasteiger partial charge in [0, 0.05) is 34.5 Å². The molecule has 0 radical (unpaired) electrons. The number of nitrogens with one attached hydrogen (secondary N) is 1. The summed E-state index contributed by atoms with van der Waals surface area (Å²) in [6.07, 6.45) is 3.62. The van der Waals surface area contributed by atoms with Crippen molar-refractivity contribution >= 4 is 43.4 Å². The van der Waals surface area contributed by atoms with Gasteiger partial charge in [-0.05, 0) is 55.0 Å². The Balaban J connectivity index is 1.76. The van der Waals surface area contributed by atoms with E-state index in [1.165, 1.54) is 11.8 Å². The second-order valence-corrected chi connectivity index (χ2v) is 9.04. The lowest BCUT2D eigenvalue weighted by Crippen LogP contribution is -2.13. The molecule has 0 atom stereocenters. The van der Waals surface area contributed by atoms with E-state index in [9.17, 15) is 8.42 Å². The zero-order valence-corrected chi connectivity index (χ0v) is 16.8. The molecule has 1 heterocycles. The summed E-state index contributed by atoms with van der Waals surface area (Å²) in [6, 6.07) is 12.2. The van der Waals surface area contributed by atoms with E-state index in [-0.39, 0.29) is 4.90 Å². The van der Waals surface area contributed by atoms with Crippen LogP contribution in [0.15, 0.2) is 74.3 Å². The second-order valence-electron chi connectivity index (χ2n) is 5.46. The van der Waals surface area contributed by atoms with E-state index in [1.807, 2.05) is 36.9 Å². The number of hydrogen-bond acceptors (Lipinski definition) is 4. The third-order valence-corrected chi connectivity index (χ3v) is 6.88. The van der Waals surface area contributed by atoms with Crippen molar-refractivity contribution in [1.29, 1.82) is 0 Å². The van der Waals surface area contributed by atoms with E-state index in [1.54, 1.807) is 36.5 Å². The summed E-state index contributed by atoms with van der Waals surface area (Å²) >= 11 is 4.89. The van der Waals surface area contributed by atoms with Crippen LogP contribution in [0.2, 0.25) is 0 Å². The van der Waals surface area contributed by atoms with Crippen molar-refractivity contribution in [1.82, 2.24) is 9.55 Å². The first-order valence-corrected chi connectivity index (χ1v) is 10.5. The Morgan fingerprint density at radius 1 is 1.16 bits per heavy atom. The number of halogens is 1. The number of rotatable bonds is 5. The SMILES string of the molecule is Cc1cc(S(=O)(=O)Nc2ccc(Sc3nccn3C)cc2)ccc1Br.